The maximum atomic E-state index is 11.7. The number of nitrogens with zero attached hydrogens (tertiary/aromatic N) is 1. The molecule has 0 aliphatic carbocycles. The Hall–Kier alpha value is -1.13. The van der Waals surface area contributed by atoms with Crippen molar-refractivity contribution in [3.63, 3.8) is 0 Å². The van der Waals surface area contributed by atoms with Gasteiger partial charge in [0.15, 0.2) is 5.75 Å². The minimum absolute atomic E-state index is 0.00565. The van der Waals surface area contributed by atoms with Gasteiger partial charge >= 0.3 is 5.97 Å². The molecule has 1 heterocycles. The maximum Gasteiger partial charge on any atom is 0.335 e. The Morgan fingerprint density at radius 1 is 1.22 bits per heavy atom. The SMILES string of the molecule is C=CC(=O)Oc1cc(I)cc2c3cc(I)ccc3n(CCO)c12. The second-order valence-corrected chi connectivity index (χ2v) is 7.45. The van der Waals surface area contributed by atoms with Gasteiger partial charge in [0, 0.05) is 36.1 Å². The first-order valence-electron chi connectivity index (χ1n) is 6.91. The molecule has 3 rings (SSSR count). The summed E-state index contributed by atoms with van der Waals surface area (Å²) in [6.45, 7) is 3.88. The molecule has 23 heavy (non-hydrogen) atoms. The van der Waals surface area contributed by atoms with Crippen molar-refractivity contribution in [1.29, 1.82) is 0 Å². The highest BCUT2D eigenvalue weighted by atomic mass is 127. The number of esters is 1. The number of fused-ring (bicyclic) bond motifs is 3. The molecule has 118 valence electrons. The van der Waals surface area contributed by atoms with Crippen molar-refractivity contribution in [2.75, 3.05) is 6.61 Å². The summed E-state index contributed by atoms with van der Waals surface area (Å²) in [6.07, 6.45) is 1.15. The highest BCUT2D eigenvalue weighted by Gasteiger charge is 2.17. The van der Waals surface area contributed by atoms with Crippen molar-refractivity contribution >= 4 is 73.0 Å². The molecule has 0 saturated heterocycles. The number of aliphatic hydroxyl groups is 1. The number of rotatable bonds is 4. The summed E-state index contributed by atoms with van der Waals surface area (Å²) in [6, 6.07) is 10.0. The monoisotopic (exact) mass is 533 g/mol. The van der Waals surface area contributed by atoms with Crippen LogP contribution in [0.2, 0.25) is 0 Å². The molecule has 0 aliphatic heterocycles. The van der Waals surface area contributed by atoms with Gasteiger partial charge < -0.3 is 14.4 Å². The predicted octanol–water partition coefficient (Wildman–Crippen LogP) is 4.09. The number of ether oxygens (including phenoxy) is 1. The van der Waals surface area contributed by atoms with Crippen molar-refractivity contribution in [3.05, 3.63) is 50.1 Å². The average molecular weight is 533 g/mol. The van der Waals surface area contributed by atoms with Crippen LogP contribution in [0.5, 0.6) is 5.75 Å². The topological polar surface area (TPSA) is 51.5 Å². The van der Waals surface area contributed by atoms with E-state index in [4.69, 9.17) is 4.74 Å². The fourth-order valence-electron chi connectivity index (χ4n) is 2.70. The zero-order valence-corrected chi connectivity index (χ0v) is 16.4. The number of aromatic nitrogens is 1. The van der Waals surface area contributed by atoms with Crippen LogP contribution in [-0.2, 0) is 11.3 Å². The highest BCUT2D eigenvalue weighted by Crippen LogP contribution is 2.37. The van der Waals surface area contributed by atoms with Gasteiger partial charge in [-0.3, -0.25) is 0 Å². The summed E-state index contributed by atoms with van der Waals surface area (Å²) in [5.41, 5.74) is 1.82. The Balaban J connectivity index is 2.42. The molecule has 4 nitrogen and oxygen atoms in total. The van der Waals surface area contributed by atoms with Crippen LogP contribution in [0.1, 0.15) is 0 Å². The van der Waals surface area contributed by atoms with E-state index in [-0.39, 0.29) is 6.61 Å². The quantitative estimate of drug-likeness (QED) is 0.238. The zero-order chi connectivity index (χ0) is 16.6. The van der Waals surface area contributed by atoms with E-state index < -0.39 is 5.97 Å². The van der Waals surface area contributed by atoms with Gasteiger partial charge in [-0.1, -0.05) is 6.58 Å². The minimum Gasteiger partial charge on any atom is -0.421 e. The standard InChI is InChI=1S/C17H13I2NO3/c1-2-16(22)23-15-9-11(19)8-13-12-7-10(18)3-4-14(12)20(5-6-21)17(13)15/h2-4,7-9,21H,1,5-6H2. The van der Waals surface area contributed by atoms with E-state index in [2.05, 4.69) is 63.9 Å². The first-order chi connectivity index (χ1) is 11.0. The zero-order valence-electron chi connectivity index (χ0n) is 12.1. The van der Waals surface area contributed by atoms with E-state index in [1.165, 1.54) is 0 Å². The van der Waals surface area contributed by atoms with Crippen molar-refractivity contribution in [1.82, 2.24) is 4.57 Å². The summed E-state index contributed by atoms with van der Waals surface area (Å²) in [7, 11) is 0. The van der Waals surface area contributed by atoms with Crippen LogP contribution in [0.15, 0.2) is 43.0 Å². The molecule has 2 aromatic carbocycles. The van der Waals surface area contributed by atoms with Crippen LogP contribution in [-0.4, -0.2) is 22.2 Å². The number of hydrogen-bond donors (Lipinski definition) is 1. The maximum absolute atomic E-state index is 11.7. The number of carbonyl (C=O) groups excluding carboxylic acids is 1. The average Bonchev–Trinajstić information content (AvgIpc) is 2.81. The van der Waals surface area contributed by atoms with Gasteiger partial charge in [0.05, 0.1) is 12.1 Å². The number of aliphatic hydroxyl groups excluding tert-OH is 1. The van der Waals surface area contributed by atoms with Crippen LogP contribution < -0.4 is 4.74 Å². The summed E-state index contributed by atoms with van der Waals surface area (Å²) in [4.78, 5) is 11.7. The van der Waals surface area contributed by atoms with Crippen molar-refractivity contribution in [2.45, 2.75) is 6.54 Å². The lowest BCUT2D eigenvalue weighted by Gasteiger charge is -2.09. The van der Waals surface area contributed by atoms with Crippen molar-refractivity contribution in [2.24, 2.45) is 0 Å². The molecule has 1 aromatic heterocycles. The second-order valence-electron chi connectivity index (χ2n) is 4.96. The van der Waals surface area contributed by atoms with Gasteiger partial charge in [-0.15, -0.1) is 0 Å². The summed E-state index contributed by atoms with van der Waals surface area (Å²) in [5.74, 6) is -0.0138. The minimum atomic E-state index is -0.497. The first kappa shape index (κ1) is 16.7. The van der Waals surface area contributed by atoms with Gasteiger partial charge in [0.25, 0.3) is 0 Å². The Kier molecular flexibility index (Phi) is 4.93. The van der Waals surface area contributed by atoms with Gasteiger partial charge in [-0.05, 0) is 75.5 Å². The summed E-state index contributed by atoms with van der Waals surface area (Å²) >= 11 is 4.48. The van der Waals surface area contributed by atoms with Crippen LogP contribution in [0.4, 0.5) is 0 Å². The predicted molar refractivity (Wildman–Crippen MR) is 108 cm³/mol. The third kappa shape index (κ3) is 3.11. The Morgan fingerprint density at radius 3 is 2.65 bits per heavy atom. The molecule has 3 aromatic rings. The number of carbonyl (C=O) groups is 1. The van der Waals surface area contributed by atoms with E-state index in [0.717, 1.165) is 35.0 Å². The molecule has 0 aliphatic rings. The van der Waals surface area contributed by atoms with E-state index in [1.807, 2.05) is 22.8 Å². The van der Waals surface area contributed by atoms with E-state index in [1.54, 1.807) is 0 Å². The fourth-order valence-corrected chi connectivity index (χ4v) is 3.78. The summed E-state index contributed by atoms with van der Waals surface area (Å²) in [5, 5.41) is 11.5. The Morgan fingerprint density at radius 2 is 1.96 bits per heavy atom. The van der Waals surface area contributed by atoms with Gasteiger partial charge in [0.1, 0.15) is 0 Å². The van der Waals surface area contributed by atoms with Crippen LogP contribution >= 0.6 is 45.2 Å². The molecule has 0 spiro atoms. The van der Waals surface area contributed by atoms with Gasteiger partial charge in [0.2, 0.25) is 0 Å². The van der Waals surface area contributed by atoms with Crippen molar-refractivity contribution in [3.8, 4) is 5.75 Å². The molecule has 0 fully saturated rings. The van der Waals surface area contributed by atoms with Crippen LogP contribution in [0, 0.1) is 7.14 Å². The molecular weight excluding hydrogens is 520 g/mol. The third-order valence-electron chi connectivity index (χ3n) is 3.55. The fraction of sp³-hybridized carbons (Fsp3) is 0.118. The molecule has 0 radical (unpaired) electrons. The van der Waals surface area contributed by atoms with E-state index in [0.29, 0.717) is 12.3 Å². The number of benzene rings is 2. The third-order valence-corrected chi connectivity index (χ3v) is 4.84. The largest absolute Gasteiger partial charge is 0.421 e. The van der Waals surface area contributed by atoms with Crippen molar-refractivity contribution < 1.29 is 14.6 Å². The molecular formula is C17H13I2NO3. The lowest BCUT2D eigenvalue weighted by Crippen LogP contribution is -2.07. The molecule has 0 amide bonds. The molecule has 0 unspecified atom stereocenters. The number of halogens is 2. The van der Waals surface area contributed by atoms with E-state index in [9.17, 15) is 9.90 Å². The number of hydrogen-bond acceptors (Lipinski definition) is 3. The van der Waals surface area contributed by atoms with Crippen LogP contribution in [0.3, 0.4) is 0 Å². The molecule has 1 N–H and O–H groups in total. The normalized spacial score (nSPS) is 11.1. The molecule has 0 saturated carbocycles. The Bertz CT molecular complexity index is 931. The molecule has 0 atom stereocenters. The van der Waals surface area contributed by atoms with E-state index >= 15 is 0 Å². The molecule has 6 heteroatoms. The highest BCUT2D eigenvalue weighted by molar-refractivity contribution is 14.1. The smallest absolute Gasteiger partial charge is 0.335 e. The second kappa shape index (κ2) is 6.78. The van der Waals surface area contributed by atoms with Crippen LogP contribution in [0.25, 0.3) is 21.8 Å². The molecule has 0 bridgehead atoms. The Labute approximate surface area is 160 Å². The first-order valence-corrected chi connectivity index (χ1v) is 9.07. The summed E-state index contributed by atoms with van der Waals surface area (Å²) < 4.78 is 9.53. The van der Waals surface area contributed by atoms with Gasteiger partial charge in [-0.25, -0.2) is 4.79 Å². The lowest BCUT2D eigenvalue weighted by atomic mass is 10.1. The lowest BCUT2D eigenvalue weighted by molar-refractivity contribution is -0.128. The van der Waals surface area contributed by atoms with Gasteiger partial charge in [-0.2, -0.15) is 0 Å².